The molecule has 0 aliphatic carbocycles. The first-order valence-corrected chi connectivity index (χ1v) is 4.87. The van der Waals surface area contributed by atoms with Crippen LogP contribution in [0.4, 0.5) is 0 Å². The summed E-state index contributed by atoms with van der Waals surface area (Å²) in [6, 6.07) is 0.0395. The van der Waals surface area contributed by atoms with Crippen LogP contribution < -0.4 is 5.73 Å². The lowest BCUT2D eigenvalue weighted by atomic mass is 9.97. The van der Waals surface area contributed by atoms with Crippen LogP contribution in [0.5, 0.6) is 0 Å². The van der Waals surface area contributed by atoms with Gasteiger partial charge in [-0.05, 0) is 12.3 Å². The third-order valence-electron chi connectivity index (χ3n) is 2.59. The molecule has 0 saturated heterocycles. The number of rotatable bonds is 5. The summed E-state index contributed by atoms with van der Waals surface area (Å²) in [6.45, 7) is 2.89. The summed E-state index contributed by atoms with van der Waals surface area (Å²) < 4.78 is 7.00. The minimum absolute atomic E-state index is 0.0395. The van der Waals surface area contributed by atoms with Crippen LogP contribution in [0.3, 0.4) is 0 Å². The average Bonchev–Trinajstić information content (AvgIpc) is 2.59. The number of hydrogen-bond donors (Lipinski definition) is 1. The maximum absolute atomic E-state index is 6.11. The van der Waals surface area contributed by atoms with E-state index < -0.39 is 0 Å². The predicted octanol–water partition coefficient (Wildman–Crippen LogP) is 1.09. The summed E-state index contributed by atoms with van der Waals surface area (Å²) in [6.07, 6.45) is 4.58. The molecule has 4 nitrogen and oxygen atoms in total. The van der Waals surface area contributed by atoms with Crippen LogP contribution in [0.1, 0.15) is 25.1 Å². The molecule has 0 spiro atoms. The van der Waals surface area contributed by atoms with Gasteiger partial charge in [-0.3, -0.25) is 0 Å². The van der Waals surface area contributed by atoms with E-state index >= 15 is 0 Å². The monoisotopic (exact) mass is 197 g/mol. The van der Waals surface area contributed by atoms with Crippen molar-refractivity contribution in [2.45, 2.75) is 19.4 Å². The Labute approximate surface area is 85.1 Å². The van der Waals surface area contributed by atoms with E-state index in [1.54, 1.807) is 13.4 Å². The zero-order chi connectivity index (χ0) is 10.6. The predicted molar refractivity (Wildman–Crippen MR) is 55.8 cm³/mol. The first-order chi connectivity index (χ1) is 6.66. The van der Waals surface area contributed by atoms with Crippen molar-refractivity contribution in [1.82, 2.24) is 9.55 Å². The fourth-order valence-corrected chi connectivity index (χ4v) is 1.46. The number of aromatic nitrogens is 2. The van der Waals surface area contributed by atoms with Gasteiger partial charge in [-0.15, -0.1) is 0 Å². The minimum Gasteiger partial charge on any atom is -0.385 e. The highest BCUT2D eigenvalue weighted by Gasteiger charge is 2.17. The topological polar surface area (TPSA) is 53.1 Å². The van der Waals surface area contributed by atoms with Crippen molar-refractivity contribution in [2.24, 2.45) is 18.7 Å². The highest BCUT2D eigenvalue weighted by atomic mass is 16.5. The molecule has 2 unspecified atom stereocenters. The SMILES string of the molecule is COCCC(C)C(N)c1cncn1C. The molecular weight excluding hydrogens is 178 g/mol. The van der Waals surface area contributed by atoms with E-state index in [-0.39, 0.29) is 6.04 Å². The van der Waals surface area contributed by atoms with Crippen molar-refractivity contribution >= 4 is 0 Å². The Bertz CT molecular complexity index is 272. The molecule has 1 aromatic rings. The highest BCUT2D eigenvalue weighted by Crippen LogP contribution is 2.20. The summed E-state index contributed by atoms with van der Waals surface area (Å²) in [5.74, 6) is 0.408. The van der Waals surface area contributed by atoms with E-state index in [4.69, 9.17) is 10.5 Å². The fourth-order valence-electron chi connectivity index (χ4n) is 1.46. The summed E-state index contributed by atoms with van der Waals surface area (Å²) in [4.78, 5) is 4.06. The molecule has 1 aromatic heterocycles. The quantitative estimate of drug-likeness (QED) is 0.768. The zero-order valence-corrected chi connectivity index (χ0v) is 9.10. The maximum atomic E-state index is 6.11. The second-order valence-corrected chi connectivity index (χ2v) is 3.71. The molecule has 0 amide bonds. The van der Waals surface area contributed by atoms with Gasteiger partial charge in [-0.1, -0.05) is 6.92 Å². The second kappa shape index (κ2) is 5.12. The van der Waals surface area contributed by atoms with Crippen molar-refractivity contribution in [1.29, 1.82) is 0 Å². The van der Waals surface area contributed by atoms with Gasteiger partial charge in [0.2, 0.25) is 0 Å². The summed E-state index contributed by atoms with van der Waals surface area (Å²) in [5.41, 5.74) is 7.19. The molecule has 2 atom stereocenters. The van der Waals surface area contributed by atoms with Crippen molar-refractivity contribution < 1.29 is 4.74 Å². The van der Waals surface area contributed by atoms with Crippen LogP contribution in [0, 0.1) is 5.92 Å². The van der Waals surface area contributed by atoms with Gasteiger partial charge in [-0.2, -0.15) is 0 Å². The molecule has 0 bridgehead atoms. The van der Waals surface area contributed by atoms with Crippen LogP contribution >= 0.6 is 0 Å². The van der Waals surface area contributed by atoms with E-state index in [0.29, 0.717) is 5.92 Å². The number of methoxy groups -OCH3 is 1. The van der Waals surface area contributed by atoms with Crippen LogP contribution in [-0.4, -0.2) is 23.3 Å². The Balaban J connectivity index is 2.56. The zero-order valence-electron chi connectivity index (χ0n) is 9.10. The van der Waals surface area contributed by atoms with Gasteiger partial charge in [0.05, 0.1) is 12.0 Å². The van der Waals surface area contributed by atoms with Gasteiger partial charge in [0, 0.05) is 33.0 Å². The third-order valence-corrected chi connectivity index (χ3v) is 2.59. The Morgan fingerprint density at radius 3 is 2.86 bits per heavy atom. The van der Waals surface area contributed by atoms with Crippen molar-refractivity contribution in [2.75, 3.05) is 13.7 Å². The highest BCUT2D eigenvalue weighted by molar-refractivity contribution is 5.05. The average molecular weight is 197 g/mol. The van der Waals surface area contributed by atoms with Gasteiger partial charge in [0.25, 0.3) is 0 Å². The van der Waals surface area contributed by atoms with Gasteiger partial charge in [0.15, 0.2) is 0 Å². The standard InChI is InChI=1S/C10H19N3O/c1-8(4-5-14-3)10(11)9-6-12-7-13(9)2/h6-8,10H,4-5,11H2,1-3H3. The van der Waals surface area contributed by atoms with E-state index in [2.05, 4.69) is 11.9 Å². The molecule has 80 valence electrons. The second-order valence-electron chi connectivity index (χ2n) is 3.71. The largest absolute Gasteiger partial charge is 0.385 e. The minimum atomic E-state index is 0.0395. The fraction of sp³-hybridized carbons (Fsp3) is 0.700. The number of imidazole rings is 1. The molecule has 2 N–H and O–H groups in total. The van der Waals surface area contributed by atoms with Gasteiger partial charge in [-0.25, -0.2) is 4.98 Å². The number of hydrogen-bond acceptors (Lipinski definition) is 3. The van der Waals surface area contributed by atoms with Crippen LogP contribution in [-0.2, 0) is 11.8 Å². The normalized spacial score (nSPS) is 15.4. The molecule has 0 aromatic carbocycles. The molecule has 0 aliphatic rings. The van der Waals surface area contributed by atoms with Gasteiger partial charge < -0.3 is 15.0 Å². The van der Waals surface area contributed by atoms with E-state index in [1.807, 2.05) is 17.8 Å². The lowest BCUT2D eigenvalue weighted by Crippen LogP contribution is -2.22. The first-order valence-electron chi connectivity index (χ1n) is 4.87. The van der Waals surface area contributed by atoms with Crippen LogP contribution in [0.15, 0.2) is 12.5 Å². The summed E-state index contributed by atoms with van der Waals surface area (Å²) in [5, 5.41) is 0. The van der Waals surface area contributed by atoms with E-state index in [0.717, 1.165) is 18.7 Å². The van der Waals surface area contributed by atoms with Crippen molar-refractivity contribution in [3.05, 3.63) is 18.2 Å². The lowest BCUT2D eigenvalue weighted by Gasteiger charge is -2.19. The molecule has 4 heteroatoms. The molecule has 1 heterocycles. The Morgan fingerprint density at radius 1 is 1.64 bits per heavy atom. The number of aryl methyl sites for hydroxylation is 1. The summed E-state index contributed by atoms with van der Waals surface area (Å²) >= 11 is 0. The Kier molecular flexibility index (Phi) is 4.10. The number of ether oxygens (including phenoxy) is 1. The third kappa shape index (κ3) is 2.56. The van der Waals surface area contributed by atoms with Crippen LogP contribution in [0.25, 0.3) is 0 Å². The Morgan fingerprint density at radius 2 is 2.36 bits per heavy atom. The van der Waals surface area contributed by atoms with Crippen molar-refractivity contribution in [3.63, 3.8) is 0 Å². The molecule has 0 radical (unpaired) electrons. The number of nitrogens with two attached hydrogens (primary N) is 1. The van der Waals surface area contributed by atoms with E-state index in [9.17, 15) is 0 Å². The molecule has 1 rings (SSSR count). The Hall–Kier alpha value is -0.870. The molecular formula is C10H19N3O. The first kappa shape index (κ1) is 11.2. The summed E-state index contributed by atoms with van der Waals surface area (Å²) in [7, 11) is 3.67. The molecule has 0 fully saturated rings. The van der Waals surface area contributed by atoms with Gasteiger partial charge >= 0.3 is 0 Å². The number of nitrogens with zero attached hydrogens (tertiary/aromatic N) is 2. The van der Waals surface area contributed by atoms with Crippen LogP contribution in [0.2, 0.25) is 0 Å². The van der Waals surface area contributed by atoms with Gasteiger partial charge in [0.1, 0.15) is 0 Å². The smallest absolute Gasteiger partial charge is 0.0946 e. The van der Waals surface area contributed by atoms with Crippen molar-refractivity contribution in [3.8, 4) is 0 Å². The molecule has 0 aliphatic heterocycles. The van der Waals surface area contributed by atoms with E-state index in [1.165, 1.54) is 0 Å². The maximum Gasteiger partial charge on any atom is 0.0946 e. The lowest BCUT2D eigenvalue weighted by molar-refractivity contribution is 0.174. The molecule has 14 heavy (non-hydrogen) atoms. The molecule has 0 saturated carbocycles.